The van der Waals surface area contributed by atoms with Crippen LogP contribution in [0.5, 0.6) is 0 Å². The van der Waals surface area contributed by atoms with Crippen LogP contribution in [0.15, 0.2) is 43.0 Å². The number of ether oxygens (including phenoxy) is 1. The van der Waals surface area contributed by atoms with Crippen molar-refractivity contribution in [3.8, 4) is 0 Å². The van der Waals surface area contributed by atoms with Crippen molar-refractivity contribution in [2.45, 2.75) is 37.6 Å². The molecule has 2 fully saturated rings. The van der Waals surface area contributed by atoms with Gasteiger partial charge in [0, 0.05) is 13.0 Å². The van der Waals surface area contributed by atoms with Gasteiger partial charge in [0.25, 0.3) is 0 Å². The quantitative estimate of drug-likeness (QED) is 0.583. The third kappa shape index (κ3) is 1.34. The summed E-state index contributed by atoms with van der Waals surface area (Å²) in [6, 6.07) is 10.5. The number of benzene rings is 1. The topological polar surface area (TPSA) is 12.2 Å². The minimum absolute atomic E-state index is 0.221. The van der Waals surface area contributed by atoms with Crippen molar-refractivity contribution in [2.24, 2.45) is 0 Å². The Bertz CT molecular complexity index is 443. The van der Waals surface area contributed by atoms with Crippen LogP contribution in [0, 0.1) is 0 Å². The smallest absolute Gasteiger partial charge is 0.152 e. The average Bonchev–Trinajstić information content (AvgIpc) is 2.99. The molecule has 2 heteroatoms. The summed E-state index contributed by atoms with van der Waals surface area (Å²) in [6.07, 6.45) is 3.09. The first-order valence-electron chi connectivity index (χ1n) is 6.25. The molecule has 3 rings (SSSR count). The molecule has 0 bridgehead atoms. The molecule has 0 spiro atoms. The highest BCUT2D eigenvalue weighted by molar-refractivity contribution is 5.31. The fourth-order valence-corrected chi connectivity index (χ4v) is 3.05. The summed E-state index contributed by atoms with van der Waals surface area (Å²) in [7, 11) is 0. The maximum absolute atomic E-state index is 6.30. The molecule has 0 aliphatic carbocycles. The highest BCUT2D eigenvalue weighted by Crippen LogP contribution is 2.57. The minimum Gasteiger partial charge on any atom is -0.351 e. The van der Waals surface area contributed by atoms with E-state index in [1.165, 1.54) is 5.56 Å². The number of nitrogens with zero attached hydrogens (tertiary/aromatic N) is 1. The molecule has 2 aliphatic heterocycles. The van der Waals surface area contributed by atoms with Gasteiger partial charge in [0.2, 0.25) is 0 Å². The van der Waals surface area contributed by atoms with Crippen LogP contribution in [-0.2, 0) is 10.5 Å². The minimum atomic E-state index is -0.281. The van der Waals surface area contributed by atoms with E-state index in [2.05, 4.69) is 49.6 Å². The van der Waals surface area contributed by atoms with Gasteiger partial charge in [0.1, 0.15) is 0 Å². The van der Waals surface area contributed by atoms with Crippen LogP contribution in [0.3, 0.4) is 0 Å². The molecule has 90 valence electrons. The molecule has 17 heavy (non-hydrogen) atoms. The van der Waals surface area contributed by atoms with Gasteiger partial charge >= 0.3 is 0 Å². The molecular weight excluding hydrogens is 210 g/mol. The Kier molecular flexibility index (Phi) is 2.22. The van der Waals surface area contributed by atoms with Crippen LogP contribution < -0.4 is 0 Å². The fourth-order valence-electron chi connectivity index (χ4n) is 3.05. The molecule has 0 amide bonds. The lowest BCUT2D eigenvalue weighted by atomic mass is 9.99. The van der Waals surface area contributed by atoms with Crippen LogP contribution in [0.1, 0.15) is 25.8 Å². The highest BCUT2D eigenvalue weighted by atomic mass is 16.6. The number of rotatable bonds is 3. The second kappa shape index (κ2) is 3.44. The lowest BCUT2D eigenvalue weighted by Crippen LogP contribution is -2.35. The van der Waals surface area contributed by atoms with Crippen molar-refractivity contribution in [3.63, 3.8) is 0 Å². The van der Waals surface area contributed by atoms with Gasteiger partial charge in [0.05, 0.1) is 11.6 Å². The van der Waals surface area contributed by atoms with Gasteiger partial charge in [-0.15, -0.1) is 6.58 Å². The number of fused-ring (bicyclic) bond motifs is 1. The standard InChI is InChI=1S/C15H19NO/c1-4-10-15(13-8-6-5-7-9-13)16-11-14(16,3)12(2)17-15/h4-9,12H,1,10-11H2,2-3H3/t12-,14+,15+,16?/m0/s1. The zero-order valence-electron chi connectivity index (χ0n) is 10.5. The Labute approximate surface area is 103 Å². The van der Waals surface area contributed by atoms with Crippen molar-refractivity contribution >= 4 is 0 Å². The summed E-state index contributed by atoms with van der Waals surface area (Å²) in [5.41, 5.74) is 1.18. The predicted octanol–water partition coefficient (Wildman–Crippen LogP) is 2.91. The second-order valence-electron chi connectivity index (χ2n) is 5.35. The van der Waals surface area contributed by atoms with E-state index < -0.39 is 0 Å². The number of hydrogen-bond acceptors (Lipinski definition) is 2. The average molecular weight is 229 g/mol. The third-order valence-corrected chi connectivity index (χ3v) is 4.32. The van der Waals surface area contributed by atoms with Gasteiger partial charge in [-0.3, -0.25) is 4.90 Å². The Morgan fingerprint density at radius 2 is 2.18 bits per heavy atom. The summed E-state index contributed by atoms with van der Waals surface area (Å²) >= 11 is 0. The summed E-state index contributed by atoms with van der Waals surface area (Å²) in [5, 5.41) is 0. The molecule has 0 saturated carbocycles. The Morgan fingerprint density at radius 1 is 1.47 bits per heavy atom. The van der Waals surface area contributed by atoms with Crippen LogP contribution in [0.25, 0.3) is 0 Å². The van der Waals surface area contributed by atoms with Gasteiger partial charge in [-0.25, -0.2) is 0 Å². The summed E-state index contributed by atoms with van der Waals surface area (Å²) < 4.78 is 6.30. The van der Waals surface area contributed by atoms with Crippen molar-refractivity contribution in [1.82, 2.24) is 4.90 Å². The normalized spacial score (nSPS) is 43.2. The lowest BCUT2D eigenvalue weighted by Gasteiger charge is -2.32. The van der Waals surface area contributed by atoms with E-state index in [9.17, 15) is 0 Å². The largest absolute Gasteiger partial charge is 0.351 e. The molecule has 2 aliphatic rings. The van der Waals surface area contributed by atoms with E-state index in [0.29, 0.717) is 0 Å². The van der Waals surface area contributed by atoms with Crippen LogP contribution in [0.4, 0.5) is 0 Å². The Balaban J connectivity index is 2.04. The van der Waals surface area contributed by atoms with E-state index >= 15 is 0 Å². The molecule has 2 nitrogen and oxygen atoms in total. The number of hydrogen-bond donors (Lipinski definition) is 0. The van der Waals surface area contributed by atoms with E-state index in [0.717, 1.165) is 13.0 Å². The summed E-state index contributed by atoms with van der Waals surface area (Å²) in [4.78, 5) is 2.46. The molecule has 1 unspecified atom stereocenters. The van der Waals surface area contributed by atoms with E-state index in [1.807, 2.05) is 12.1 Å². The Morgan fingerprint density at radius 3 is 2.65 bits per heavy atom. The Hall–Kier alpha value is -1.12. The molecule has 1 aromatic carbocycles. The first-order chi connectivity index (χ1) is 8.13. The van der Waals surface area contributed by atoms with Gasteiger partial charge < -0.3 is 4.74 Å². The third-order valence-electron chi connectivity index (χ3n) is 4.32. The van der Waals surface area contributed by atoms with E-state index in [-0.39, 0.29) is 17.4 Å². The zero-order valence-corrected chi connectivity index (χ0v) is 10.5. The molecule has 0 radical (unpaired) electrons. The molecule has 0 aromatic heterocycles. The molecular formula is C15H19NO. The van der Waals surface area contributed by atoms with Crippen molar-refractivity contribution in [1.29, 1.82) is 0 Å². The lowest BCUT2D eigenvalue weighted by molar-refractivity contribution is -0.0983. The molecule has 0 N–H and O–H groups in total. The van der Waals surface area contributed by atoms with E-state index in [1.54, 1.807) is 0 Å². The summed E-state index contributed by atoms with van der Waals surface area (Å²) in [5.74, 6) is 0. The van der Waals surface area contributed by atoms with E-state index in [4.69, 9.17) is 4.74 Å². The molecule has 2 heterocycles. The molecule has 1 aromatic rings. The highest BCUT2D eigenvalue weighted by Gasteiger charge is 2.68. The van der Waals surface area contributed by atoms with Gasteiger partial charge in [-0.05, 0) is 19.4 Å². The first kappa shape index (κ1) is 11.0. The summed E-state index contributed by atoms with van der Waals surface area (Å²) in [6.45, 7) is 9.47. The van der Waals surface area contributed by atoms with Crippen molar-refractivity contribution < 1.29 is 4.74 Å². The van der Waals surface area contributed by atoms with Gasteiger partial charge in [0.15, 0.2) is 5.72 Å². The zero-order chi connectivity index (χ0) is 12.1. The maximum atomic E-state index is 6.30. The SMILES string of the molecule is C=CC[C@]1(c2ccccc2)O[C@@H](C)[C@@]2(C)CN12. The van der Waals surface area contributed by atoms with Crippen molar-refractivity contribution in [3.05, 3.63) is 48.6 Å². The fraction of sp³-hybridized carbons (Fsp3) is 0.467. The van der Waals surface area contributed by atoms with Crippen LogP contribution in [-0.4, -0.2) is 23.1 Å². The first-order valence-corrected chi connectivity index (χ1v) is 6.25. The molecule has 4 atom stereocenters. The van der Waals surface area contributed by atoms with Gasteiger partial charge in [-0.1, -0.05) is 36.4 Å². The predicted molar refractivity (Wildman–Crippen MR) is 68.6 cm³/mol. The van der Waals surface area contributed by atoms with Crippen LogP contribution in [0.2, 0.25) is 0 Å². The van der Waals surface area contributed by atoms with Gasteiger partial charge in [-0.2, -0.15) is 0 Å². The van der Waals surface area contributed by atoms with Crippen LogP contribution >= 0.6 is 0 Å². The monoisotopic (exact) mass is 229 g/mol. The van der Waals surface area contributed by atoms with Crippen molar-refractivity contribution in [2.75, 3.05) is 6.54 Å². The molecule has 2 saturated heterocycles. The maximum Gasteiger partial charge on any atom is 0.152 e. The second-order valence-corrected chi connectivity index (χ2v) is 5.35.